The van der Waals surface area contributed by atoms with Crippen molar-refractivity contribution >= 4 is 22.3 Å². The lowest BCUT2D eigenvalue weighted by molar-refractivity contribution is 0.0702. The van der Waals surface area contributed by atoms with Crippen molar-refractivity contribution < 1.29 is 9.90 Å². The Labute approximate surface area is 110 Å². The van der Waals surface area contributed by atoms with Gasteiger partial charge in [-0.3, -0.25) is 0 Å². The van der Waals surface area contributed by atoms with Crippen LogP contribution in [0.3, 0.4) is 0 Å². The van der Waals surface area contributed by atoms with E-state index < -0.39 is 5.97 Å². The maximum absolute atomic E-state index is 10.8. The van der Waals surface area contributed by atoms with Gasteiger partial charge in [0.25, 0.3) is 0 Å². The van der Waals surface area contributed by atoms with E-state index in [1.165, 1.54) is 22.5 Å². The first-order valence-electron chi connectivity index (χ1n) is 5.66. The molecule has 2 rings (SSSR count). The van der Waals surface area contributed by atoms with E-state index in [1.54, 1.807) is 6.07 Å². The molecule has 0 amide bonds. The smallest absolute Gasteiger partial charge is 0.345 e. The van der Waals surface area contributed by atoms with Crippen molar-refractivity contribution in [3.8, 4) is 0 Å². The van der Waals surface area contributed by atoms with Crippen LogP contribution < -0.4 is 4.90 Å². The highest BCUT2D eigenvalue weighted by Crippen LogP contribution is 2.26. The Morgan fingerprint density at radius 2 is 1.89 bits per heavy atom. The van der Waals surface area contributed by atoms with E-state index in [0.717, 1.165) is 11.5 Å². The van der Waals surface area contributed by atoms with Crippen molar-refractivity contribution in [3.05, 3.63) is 52.4 Å². The van der Waals surface area contributed by atoms with Crippen molar-refractivity contribution in [1.82, 2.24) is 0 Å². The monoisotopic (exact) mass is 261 g/mol. The largest absolute Gasteiger partial charge is 0.477 e. The number of carboxylic acids is 1. The second kappa shape index (κ2) is 5.23. The predicted molar refractivity (Wildman–Crippen MR) is 74.6 cm³/mol. The van der Waals surface area contributed by atoms with Gasteiger partial charge in [-0.1, -0.05) is 29.8 Å². The lowest BCUT2D eigenvalue weighted by atomic mass is 10.1. The fourth-order valence-corrected chi connectivity index (χ4v) is 2.50. The zero-order valence-corrected chi connectivity index (χ0v) is 11.2. The van der Waals surface area contributed by atoms with Gasteiger partial charge in [0, 0.05) is 13.6 Å². The molecule has 1 aromatic carbocycles. The van der Waals surface area contributed by atoms with Crippen molar-refractivity contribution in [2.24, 2.45) is 0 Å². The van der Waals surface area contributed by atoms with Crippen molar-refractivity contribution in [2.75, 3.05) is 11.9 Å². The molecule has 0 aliphatic rings. The van der Waals surface area contributed by atoms with Crippen LogP contribution in [0, 0.1) is 6.92 Å². The number of nitrogens with zero attached hydrogens (tertiary/aromatic N) is 1. The van der Waals surface area contributed by atoms with E-state index in [9.17, 15) is 4.79 Å². The van der Waals surface area contributed by atoms with Crippen LogP contribution in [0.4, 0.5) is 5.00 Å². The summed E-state index contributed by atoms with van der Waals surface area (Å²) in [6.45, 7) is 2.84. The molecule has 0 radical (unpaired) electrons. The van der Waals surface area contributed by atoms with Crippen LogP contribution in [0.15, 0.2) is 36.4 Å². The maximum Gasteiger partial charge on any atom is 0.345 e. The van der Waals surface area contributed by atoms with Crippen LogP contribution in [0.25, 0.3) is 0 Å². The normalized spacial score (nSPS) is 10.3. The van der Waals surface area contributed by atoms with Gasteiger partial charge in [-0.2, -0.15) is 0 Å². The van der Waals surface area contributed by atoms with Crippen LogP contribution in [0.5, 0.6) is 0 Å². The molecule has 0 saturated carbocycles. The van der Waals surface area contributed by atoms with Crippen molar-refractivity contribution in [1.29, 1.82) is 0 Å². The third-order valence-electron chi connectivity index (χ3n) is 2.72. The molecule has 0 unspecified atom stereocenters. The second-order valence-electron chi connectivity index (χ2n) is 4.28. The van der Waals surface area contributed by atoms with Gasteiger partial charge >= 0.3 is 5.97 Å². The van der Waals surface area contributed by atoms with Gasteiger partial charge in [-0.05, 0) is 24.6 Å². The third kappa shape index (κ3) is 2.90. The zero-order chi connectivity index (χ0) is 13.1. The first-order valence-corrected chi connectivity index (χ1v) is 6.48. The molecule has 1 heterocycles. The topological polar surface area (TPSA) is 40.5 Å². The summed E-state index contributed by atoms with van der Waals surface area (Å²) in [5.74, 6) is -0.866. The average molecular weight is 261 g/mol. The number of thiophene rings is 1. The summed E-state index contributed by atoms with van der Waals surface area (Å²) in [6, 6.07) is 11.9. The summed E-state index contributed by atoms with van der Waals surface area (Å²) in [7, 11) is 1.97. The number of carboxylic acid groups (broad SMARTS) is 1. The van der Waals surface area contributed by atoms with Crippen LogP contribution in [-0.4, -0.2) is 18.1 Å². The molecular formula is C14H15NO2S. The Bertz CT molecular complexity index is 545. The Balaban J connectivity index is 2.09. The van der Waals surface area contributed by atoms with Crippen LogP contribution in [0.2, 0.25) is 0 Å². The van der Waals surface area contributed by atoms with Crippen LogP contribution in [0.1, 0.15) is 20.8 Å². The molecule has 0 bridgehead atoms. The highest BCUT2D eigenvalue weighted by atomic mass is 32.1. The number of aryl methyl sites for hydroxylation is 1. The van der Waals surface area contributed by atoms with E-state index in [1.807, 2.05) is 13.1 Å². The minimum Gasteiger partial charge on any atom is -0.477 e. The second-order valence-corrected chi connectivity index (χ2v) is 5.35. The quantitative estimate of drug-likeness (QED) is 0.917. The van der Waals surface area contributed by atoms with Crippen molar-refractivity contribution in [3.63, 3.8) is 0 Å². The summed E-state index contributed by atoms with van der Waals surface area (Å²) >= 11 is 1.30. The first-order chi connectivity index (χ1) is 8.56. The number of benzene rings is 1. The molecule has 0 aliphatic carbocycles. The molecule has 3 nitrogen and oxygen atoms in total. The van der Waals surface area contributed by atoms with E-state index in [-0.39, 0.29) is 0 Å². The lowest BCUT2D eigenvalue weighted by Crippen LogP contribution is -2.14. The number of anilines is 1. The molecule has 0 aliphatic heterocycles. The fraction of sp³-hybridized carbons (Fsp3) is 0.214. The summed E-state index contributed by atoms with van der Waals surface area (Å²) in [6.07, 6.45) is 0. The Hall–Kier alpha value is -1.81. The van der Waals surface area contributed by atoms with Gasteiger partial charge < -0.3 is 10.0 Å². The van der Waals surface area contributed by atoms with Crippen LogP contribution >= 0.6 is 11.3 Å². The van der Waals surface area contributed by atoms with Gasteiger partial charge in [0.1, 0.15) is 4.88 Å². The van der Waals surface area contributed by atoms with Gasteiger partial charge in [-0.25, -0.2) is 4.79 Å². The number of hydrogen-bond donors (Lipinski definition) is 1. The third-order valence-corrected chi connectivity index (χ3v) is 3.91. The Kier molecular flexibility index (Phi) is 3.67. The minimum absolute atomic E-state index is 0.376. The van der Waals surface area contributed by atoms with Crippen LogP contribution in [-0.2, 0) is 6.54 Å². The summed E-state index contributed by atoms with van der Waals surface area (Å²) < 4.78 is 0. The molecule has 0 saturated heterocycles. The zero-order valence-electron chi connectivity index (χ0n) is 10.4. The van der Waals surface area contributed by atoms with E-state index in [0.29, 0.717) is 4.88 Å². The van der Waals surface area contributed by atoms with E-state index in [4.69, 9.17) is 5.11 Å². The van der Waals surface area contributed by atoms with Gasteiger partial charge in [-0.15, -0.1) is 11.3 Å². The molecular weight excluding hydrogens is 246 g/mol. The molecule has 94 valence electrons. The first kappa shape index (κ1) is 12.6. The Morgan fingerprint density at radius 3 is 2.44 bits per heavy atom. The van der Waals surface area contributed by atoms with Gasteiger partial charge in [0.15, 0.2) is 0 Å². The number of carbonyl (C=O) groups is 1. The highest BCUT2D eigenvalue weighted by molar-refractivity contribution is 7.17. The molecule has 1 N–H and O–H groups in total. The van der Waals surface area contributed by atoms with Gasteiger partial charge in [0.2, 0.25) is 0 Å². The molecule has 0 spiro atoms. The maximum atomic E-state index is 10.8. The molecule has 4 heteroatoms. The van der Waals surface area contributed by atoms with Crippen molar-refractivity contribution in [2.45, 2.75) is 13.5 Å². The average Bonchev–Trinajstić information content (AvgIpc) is 2.81. The summed E-state index contributed by atoms with van der Waals surface area (Å²) in [5, 5.41) is 9.86. The SMILES string of the molecule is Cc1ccc(CN(C)c2ccc(C(=O)O)s2)cc1. The van der Waals surface area contributed by atoms with E-state index >= 15 is 0 Å². The number of rotatable bonds is 4. The van der Waals surface area contributed by atoms with Gasteiger partial charge in [0.05, 0.1) is 5.00 Å². The molecule has 1 aromatic heterocycles. The summed E-state index contributed by atoms with van der Waals surface area (Å²) in [5.41, 5.74) is 2.46. The summed E-state index contributed by atoms with van der Waals surface area (Å²) in [4.78, 5) is 13.3. The highest BCUT2D eigenvalue weighted by Gasteiger charge is 2.10. The van der Waals surface area contributed by atoms with E-state index in [2.05, 4.69) is 36.1 Å². The fourth-order valence-electron chi connectivity index (χ4n) is 1.69. The standard InChI is InChI=1S/C14H15NO2S/c1-10-3-5-11(6-4-10)9-15(2)13-8-7-12(18-13)14(16)17/h3-8H,9H2,1-2H3,(H,16,17). The molecule has 18 heavy (non-hydrogen) atoms. The predicted octanol–water partition coefficient (Wildman–Crippen LogP) is 3.39. The molecule has 2 aromatic rings. The molecule has 0 atom stereocenters. The lowest BCUT2D eigenvalue weighted by Gasteiger charge is -2.17. The minimum atomic E-state index is -0.866. The Morgan fingerprint density at radius 1 is 1.22 bits per heavy atom. The number of hydrogen-bond acceptors (Lipinski definition) is 3. The molecule has 0 fully saturated rings. The number of aromatic carboxylic acids is 1.